The van der Waals surface area contributed by atoms with Gasteiger partial charge < -0.3 is 21.7 Å². The van der Waals surface area contributed by atoms with E-state index in [0.29, 0.717) is 0 Å². The SMILES string of the molecule is CC1=CC=C2C(=C3NC(C)C=CC3=CC2NC(=O)CN)N1. The fourth-order valence-corrected chi connectivity index (χ4v) is 2.74. The van der Waals surface area contributed by atoms with Crippen LogP contribution in [0, 0.1) is 0 Å². The molecule has 2 aliphatic heterocycles. The smallest absolute Gasteiger partial charge is 0.234 e. The molecule has 0 aromatic rings. The molecular formula is C16H20N4O. The van der Waals surface area contributed by atoms with Gasteiger partial charge in [-0.1, -0.05) is 18.2 Å². The second-order valence-corrected chi connectivity index (χ2v) is 5.51. The van der Waals surface area contributed by atoms with E-state index in [2.05, 4.69) is 41.1 Å². The van der Waals surface area contributed by atoms with E-state index < -0.39 is 0 Å². The third kappa shape index (κ3) is 2.52. The summed E-state index contributed by atoms with van der Waals surface area (Å²) in [7, 11) is 0. The van der Waals surface area contributed by atoms with Gasteiger partial charge in [-0.3, -0.25) is 4.79 Å². The van der Waals surface area contributed by atoms with Gasteiger partial charge in [0.1, 0.15) is 0 Å². The van der Waals surface area contributed by atoms with Crippen LogP contribution < -0.4 is 21.7 Å². The summed E-state index contributed by atoms with van der Waals surface area (Å²) in [5.41, 5.74) is 10.7. The maximum absolute atomic E-state index is 11.7. The van der Waals surface area contributed by atoms with Gasteiger partial charge in [0.15, 0.2) is 0 Å². The van der Waals surface area contributed by atoms with Crippen LogP contribution in [0.5, 0.6) is 0 Å². The summed E-state index contributed by atoms with van der Waals surface area (Å²) in [6.07, 6.45) is 10.3. The van der Waals surface area contributed by atoms with E-state index in [1.54, 1.807) is 0 Å². The fraction of sp³-hybridized carbons (Fsp3) is 0.312. The average Bonchev–Trinajstić information content (AvgIpc) is 2.47. The van der Waals surface area contributed by atoms with Crippen molar-refractivity contribution in [3.63, 3.8) is 0 Å². The third-order valence-electron chi connectivity index (χ3n) is 3.78. The topological polar surface area (TPSA) is 79.2 Å². The quantitative estimate of drug-likeness (QED) is 0.597. The number of amides is 1. The highest BCUT2D eigenvalue weighted by atomic mass is 16.1. The number of nitrogens with two attached hydrogens (primary N) is 1. The molecule has 21 heavy (non-hydrogen) atoms. The zero-order chi connectivity index (χ0) is 15.0. The lowest BCUT2D eigenvalue weighted by molar-refractivity contribution is -0.119. The predicted octanol–water partition coefficient (Wildman–Crippen LogP) is 0.563. The summed E-state index contributed by atoms with van der Waals surface area (Å²) in [6, 6.07) is 0.126. The summed E-state index contributed by atoms with van der Waals surface area (Å²) in [6.45, 7) is 4.12. The maximum Gasteiger partial charge on any atom is 0.234 e. The Labute approximate surface area is 124 Å². The largest absolute Gasteiger partial charge is 0.377 e. The van der Waals surface area contributed by atoms with Crippen molar-refractivity contribution in [3.8, 4) is 0 Å². The Bertz CT molecular complexity index is 637. The first-order valence-electron chi connectivity index (χ1n) is 7.15. The first-order valence-corrected chi connectivity index (χ1v) is 7.15. The molecule has 5 heteroatoms. The van der Waals surface area contributed by atoms with Crippen molar-refractivity contribution in [1.29, 1.82) is 0 Å². The van der Waals surface area contributed by atoms with Gasteiger partial charge in [0.25, 0.3) is 0 Å². The van der Waals surface area contributed by atoms with Crippen molar-refractivity contribution in [2.24, 2.45) is 5.73 Å². The van der Waals surface area contributed by atoms with E-state index in [1.165, 1.54) is 0 Å². The minimum absolute atomic E-state index is 0.00766. The molecule has 2 unspecified atom stereocenters. The van der Waals surface area contributed by atoms with Crippen LogP contribution in [0.3, 0.4) is 0 Å². The Morgan fingerprint density at radius 2 is 2.19 bits per heavy atom. The number of rotatable bonds is 2. The molecule has 5 nitrogen and oxygen atoms in total. The number of carbonyl (C=O) groups is 1. The van der Waals surface area contributed by atoms with Gasteiger partial charge in [-0.25, -0.2) is 0 Å². The Balaban J connectivity index is 2.04. The second kappa shape index (κ2) is 5.26. The van der Waals surface area contributed by atoms with Crippen molar-refractivity contribution < 1.29 is 4.79 Å². The normalized spacial score (nSPS) is 26.5. The summed E-state index contributed by atoms with van der Waals surface area (Å²) >= 11 is 0. The zero-order valence-corrected chi connectivity index (χ0v) is 12.2. The molecule has 5 N–H and O–H groups in total. The number of dihydropyridines is 1. The molecule has 0 aromatic carbocycles. The highest BCUT2D eigenvalue weighted by molar-refractivity contribution is 5.79. The van der Waals surface area contributed by atoms with Crippen LogP contribution in [-0.4, -0.2) is 24.5 Å². The molecule has 0 bridgehead atoms. The minimum atomic E-state index is -0.161. The summed E-state index contributed by atoms with van der Waals surface area (Å²) in [5, 5.41) is 9.85. The lowest BCUT2D eigenvalue weighted by Gasteiger charge is -2.35. The van der Waals surface area contributed by atoms with Crippen LogP contribution in [0.2, 0.25) is 0 Å². The zero-order valence-electron chi connectivity index (χ0n) is 12.2. The number of fused-ring (bicyclic) bond motifs is 2. The van der Waals surface area contributed by atoms with Crippen LogP contribution in [-0.2, 0) is 4.79 Å². The highest BCUT2D eigenvalue weighted by Gasteiger charge is 2.30. The van der Waals surface area contributed by atoms with E-state index in [-0.39, 0.29) is 24.5 Å². The Morgan fingerprint density at radius 3 is 2.95 bits per heavy atom. The van der Waals surface area contributed by atoms with Gasteiger partial charge in [0, 0.05) is 17.3 Å². The van der Waals surface area contributed by atoms with E-state index in [4.69, 9.17) is 5.73 Å². The first-order chi connectivity index (χ1) is 10.1. The van der Waals surface area contributed by atoms with Crippen molar-refractivity contribution in [2.45, 2.75) is 25.9 Å². The molecule has 1 amide bonds. The highest BCUT2D eigenvalue weighted by Crippen LogP contribution is 2.32. The van der Waals surface area contributed by atoms with Crippen LogP contribution in [0.4, 0.5) is 0 Å². The molecule has 2 atom stereocenters. The van der Waals surface area contributed by atoms with Gasteiger partial charge in [0.2, 0.25) is 5.91 Å². The van der Waals surface area contributed by atoms with Crippen molar-refractivity contribution >= 4 is 5.91 Å². The molecule has 0 spiro atoms. The molecule has 110 valence electrons. The van der Waals surface area contributed by atoms with Crippen LogP contribution >= 0.6 is 0 Å². The Hall–Kier alpha value is -2.27. The summed E-state index contributed by atoms with van der Waals surface area (Å²) in [5.74, 6) is -0.159. The van der Waals surface area contributed by atoms with Crippen molar-refractivity contribution in [2.75, 3.05) is 6.54 Å². The fourth-order valence-electron chi connectivity index (χ4n) is 2.74. The minimum Gasteiger partial charge on any atom is -0.377 e. The number of hydrogen-bond donors (Lipinski definition) is 4. The predicted molar refractivity (Wildman–Crippen MR) is 82.8 cm³/mol. The Kier molecular flexibility index (Phi) is 3.43. The molecule has 1 aliphatic carbocycles. The van der Waals surface area contributed by atoms with Gasteiger partial charge in [0.05, 0.1) is 24.0 Å². The molecule has 0 fully saturated rings. The van der Waals surface area contributed by atoms with Crippen LogP contribution in [0.1, 0.15) is 13.8 Å². The van der Waals surface area contributed by atoms with E-state index in [9.17, 15) is 4.79 Å². The molecule has 3 aliphatic rings. The summed E-state index contributed by atoms with van der Waals surface area (Å²) in [4.78, 5) is 11.7. The molecule has 0 saturated heterocycles. The van der Waals surface area contributed by atoms with E-state index in [0.717, 1.165) is 28.2 Å². The average molecular weight is 284 g/mol. The van der Waals surface area contributed by atoms with Gasteiger partial charge >= 0.3 is 0 Å². The van der Waals surface area contributed by atoms with Gasteiger partial charge in [-0.05, 0) is 31.6 Å². The summed E-state index contributed by atoms with van der Waals surface area (Å²) < 4.78 is 0. The number of allylic oxidation sites excluding steroid dienone is 4. The molecule has 2 heterocycles. The van der Waals surface area contributed by atoms with Crippen LogP contribution in [0.25, 0.3) is 0 Å². The standard InChI is InChI=1S/C16H20N4O/c1-9-3-5-11-7-13(20-14(21)8-17)12-6-4-10(2)19-16(12)15(11)18-9/h3-7,9,13,18-19H,8,17H2,1-2H3,(H,20,21). The van der Waals surface area contributed by atoms with Crippen molar-refractivity contribution in [3.05, 3.63) is 58.6 Å². The lowest BCUT2D eigenvalue weighted by Crippen LogP contribution is -2.44. The lowest BCUT2D eigenvalue weighted by atomic mass is 9.87. The molecule has 0 aromatic heterocycles. The maximum atomic E-state index is 11.7. The first kappa shape index (κ1) is 13.7. The van der Waals surface area contributed by atoms with E-state index >= 15 is 0 Å². The Morgan fingerprint density at radius 1 is 1.38 bits per heavy atom. The van der Waals surface area contributed by atoms with Crippen molar-refractivity contribution in [1.82, 2.24) is 16.0 Å². The number of nitrogens with one attached hydrogen (secondary N) is 3. The monoisotopic (exact) mass is 284 g/mol. The molecule has 0 saturated carbocycles. The molecule has 0 radical (unpaired) electrons. The van der Waals surface area contributed by atoms with Gasteiger partial charge in [-0.15, -0.1) is 0 Å². The number of hydrogen-bond acceptors (Lipinski definition) is 4. The number of carbonyl (C=O) groups excluding carboxylic acids is 1. The third-order valence-corrected chi connectivity index (χ3v) is 3.78. The van der Waals surface area contributed by atoms with Crippen LogP contribution in [0.15, 0.2) is 58.6 Å². The molecule has 3 rings (SSSR count). The molecular weight excluding hydrogens is 264 g/mol. The van der Waals surface area contributed by atoms with Gasteiger partial charge in [-0.2, -0.15) is 0 Å². The van der Waals surface area contributed by atoms with E-state index in [1.807, 2.05) is 19.1 Å². The second-order valence-electron chi connectivity index (χ2n) is 5.51.